The number of nitrogens with two attached hydrogens (primary N) is 2. The number of fused-ring (bicyclic) bond motifs is 1. The fraction of sp³-hybridized carbons (Fsp3) is 0.0435. The third-order valence-corrected chi connectivity index (χ3v) is 4.74. The Kier molecular flexibility index (Phi) is 4.74. The molecule has 0 radical (unpaired) electrons. The van der Waals surface area contributed by atoms with Crippen molar-refractivity contribution in [3.63, 3.8) is 0 Å². The lowest BCUT2D eigenvalue weighted by atomic mass is 9.98. The highest BCUT2D eigenvalue weighted by molar-refractivity contribution is 6.05. The van der Waals surface area contributed by atoms with Gasteiger partial charge in [0.2, 0.25) is 0 Å². The van der Waals surface area contributed by atoms with Gasteiger partial charge in [0.1, 0.15) is 0 Å². The molecular weight excluding hydrogens is 348 g/mol. The number of rotatable bonds is 4. The molecule has 1 heterocycles. The normalized spacial score (nSPS) is 11.9. The summed E-state index contributed by atoms with van der Waals surface area (Å²) in [6.07, 6.45) is 1.77. The minimum absolute atomic E-state index is 0.221. The second-order valence-corrected chi connectivity index (χ2v) is 6.56. The van der Waals surface area contributed by atoms with Crippen molar-refractivity contribution in [1.82, 2.24) is 4.98 Å². The molecular formula is C23H20N4O. The molecule has 138 valence electrons. The van der Waals surface area contributed by atoms with Crippen molar-refractivity contribution < 1.29 is 4.79 Å². The number of anilines is 2. The SMILES string of the molecule is Nc1ccccc1NC(=O)c1ccc(C(N)c2nccc3ccccc23)cc1. The molecule has 5 N–H and O–H groups in total. The average molecular weight is 368 g/mol. The van der Waals surface area contributed by atoms with E-state index in [1.54, 1.807) is 30.5 Å². The topological polar surface area (TPSA) is 94.0 Å². The second-order valence-electron chi connectivity index (χ2n) is 6.56. The van der Waals surface area contributed by atoms with Crippen LogP contribution in [0.15, 0.2) is 85.1 Å². The second kappa shape index (κ2) is 7.50. The van der Waals surface area contributed by atoms with E-state index in [0.717, 1.165) is 22.0 Å². The summed E-state index contributed by atoms with van der Waals surface area (Å²) in [6.45, 7) is 0. The maximum atomic E-state index is 12.5. The molecule has 0 fully saturated rings. The van der Waals surface area contributed by atoms with Crippen LogP contribution in [0, 0.1) is 0 Å². The Morgan fingerprint density at radius 1 is 0.893 bits per heavy atom. The minimum Gasteiger partial charge on any atom is -0.397 e. The van der Waals surface area contributed by atoms with Gasteiger partial charge < -0.3 is 16.8 Å². The van der Waals surface area contributed by atoms with Crippen molar-refractivity contribution in [2.24, 2.45) is 5.73 Å². The minimum atomic E-state index is -0.382. The van der Waals surface area contributed by atoms with Gasteiger partial charge in [-0.05, 0) is 41.3 Å². The van der Waals surface area contributed by atoms with Crippen molar-refractivity contribution in [3.8, 4) is 0 Å². The number of carbonyl (C=O) groups is 1. The number of para-hydroxylation sites is 2. The molecule has 28 heavy (non-hydrogen) atoms. The van der Waals surface area contributed by atoms with E-state index in [9.17, 15) is 4.79 Å². The number of carbonyl (C=O) groups excluding carboxylic acids is 1. The first-order valence-corrected chi connectivity index (χ1v) is 8.98. The van der Waals surface area contributed by atoms with Crippen LogP contribution in [0.1, 0.15) is 27.7 Å². The van der Waals surface area contributed by atoms with Crippen LogP contribution in [0.4, 0.5) is 11.4 Å². The van der Waals surface area contributed by atoms with E-state index in [0.29, 0.717) is 16.9 Å². The largest absolute Gasteiger partial charge is 0.397 e. The number of nitrogen functional groups attached to an aromatic ring is 1. The first-order chi connectivity index (χ1) is 13.6. The van der Waals surface area contributed by atoms with Gasteiger partial charge in [-0.1, -0.05) is 48.5 Å². The molecule has 0 aliphatic carbocycles. The smallest absolute Gasteiger partial charge is 0.255 e. The molecule has 1 unspecified atom stereocenters. The van der Waals surface area contributed by atoms with Crippen LogP contribution >= 0.6 is 0 Å². The van der Waals surface area contributed by atoms with Crippen molar-refractivity contribution in [2.75, 3.05) is 11.1 Å². The number of aromatic nitrogens is 1. The Hall–Kier alpha value is -3.70. The molecule has 0 saturated heterocycles. The number of nitrogens with one attached hydrogen (secondary N) is 1. The third-order valence-electron chi connectivity index (χ3n) is 4.74. The number of hydrogen-bond acceptors (Lipinski definition) is 4. The number of pyridine rings is 1. The molecule has 0 aliphatic rings. The molecule has 1 atom stereocenters. The molecule has 5 heteroatoms. The van der Waals surface area contributed by atoms with Gasteiger partial charge >= 0.3 is 0 Å². The van der Waals surface area contributed by atoms with Crippen LogP contribution in [-0.2, 0) is 0 Å². The standard InChI is InChI=1S/C23H20N4O/c24-19-7-3-4-8-20(19)27-23(28)17-11-9-16(10-12-17)21(25)22-18-6-2-1-5-15(18)13-14-26-22/h1-14,21H,24-25H2,(H,27,28). The Labute approximate surface area is 163 Å². The number of amides is 1. The van der Waals surface area contributed by atoms with Gasteiger partial charge in [0.25, 0.3) is 5.91 Å². The van der Waals surface area contributed by atoms with Crippen molar-refractivity contribution >= 4 is 28.1 Å². The number of hydrogen-bond donors (Lipinski definition) is 3. The van der Waals surface area contributed by atoms with Crippen LogP contribution in [-0.4, -0.2) is 10.9 Å². The molecule has 5 nitrogen and oxygen atoms in total. The Balaban J connectivity index is 1.57. The van der Waals surface area contributed by atoms with E-state index in [-0.39, 0.29) is 11.9 Å². The van der Waals surface area contributed by atoms with Gasteiger partial charge in [-0.25, -0.2) is 0 Å². The highest BCUT2D eigenvalue weighted by Gasteiger charge is 2.15. The quantitative estimate of drug-likeness (QED) is 0.472. The van der Waals surface area contributed by atoms with Gasteiger partial charge in [0.15, 0.2) is 0 Å². The predicted octanol–water partition coefficient (Wildman–Crippen LogP) is 4.12. The van der Waals surface area contributed by atoms with Gasteiger partial charge in [0.05, 0.1) is 23.1 Å². The highest BCUT2D eigenvalue weighted by Crippen LogP contribution is 2.26. The average Bonchev–Trinajstić information content (AvgIpc) is 2.74. The number of benzene rings is 3. The molecule has 0 aliphatic heterocycles. The summed E-state index contributed by atoms with van der Waals surface area (Å²) in [5.41, 5.74) is 15.7. The molecule has 0 spiro atoms. The van der Waals surface area contributed by atoms with Crippen LogP contribution in [0.3, 0.4) is 0 Å². The van der Waals surface area contributed by atoms with Crippen LogP contribution < -0.4 is 16.8 Å². The third kappa shape index (κ3) is 3.43. The molecule has 1 amide bonds. The molecule has 0 bridgehead atoms. The maximum absolute atomic E-state index is 12.5. The molecule has 4 rings (SSSR count). The lowest BCUT2D eigenvalue weighted by Crippen LogP contribution is -2.16. The summed E-state index contributed by atoms with van der Waals surface area (Å²) in [5.74, 6) is -0.221. The fourth-order valence-corrected chi connectivity index (χ4v) is 3.20. The summed E-state index contributed by atoms with van der Waals surface area (Å²) in [4.78, 5) is 17.0. The zero-order valence-corrected chi connectivity index (χ0v) is 15.2. The van der Waals surface area contributed by atoms with E-state index in [4.69, 9.17) is 11.5 Å². The van der Waals surface area contributed by atoms with Crippen molar-refractivity contribution in [2.45, 2.75) is 6.04 Å². The maximum Gasteiger partial charge on any atom is 0.255 e. The van der Waals surface area contributed by atoms with Crippen LogP contribution in [0.2, 0.25) is 0 Å². The summed E-state index contributed by atoms with van der Waals surface area (Å²) in [7, 11) is 0. The first kappa shape index (κ1) is 17.7. The van der Waals surface area contributed by atoms with E-state index >= 15 is 0 Å². The highest BCUT2D eigenvalue weighted by atomic mass is 16.1. The van der Waals surface area contributed by atoms with Gasteiger partial charge in [-0.15, -0.1) is 0 Å². The van der Waals surface area contributed by atoms with E-state index in [1.165, 1.54) is 0 Å². The fourth-order valence-electron chi connectivity index (χ4n) is 3.20. The molecule has 0 saturated carbocycles. The lowest BCUT2D eigenvalue weighted by Gasteiger charge is -2.15. The van der Waals surface area contributed by atoms with Crippen molar-refractivity contribution in [1.29, 1.82) is 0 Å². The summed E-state index contributed by atoms with van der Waals surface area (Å²) < 4.78 is 0. The van der Waals surface area contributed by atoms with Crippen molar-refractivity contribution in [3.05, 3.63) is 102 Å². The Bertz CT molecular complexity index is 1130. The van der Waals surface area contributed by atoms with E-state index in [1.807, 2.05) is 54.6 Å². The predicted molar refractivity (Wildman–Crippen MR) is 113 cm³/mol. The zero-order chi connectivity index (χ0) is 19.5. The van der Waals surface area contributed by atoms with Crippen LogP contribution in [0.5, 0.6) is 0 Å². The van der Waals surface area contributed by atoms with E-state index in [2.05, 4.69) is 10.3 Å². The molecule has 3 aromatic carbocycles. The Morgan fingerprint density at radius 2 is 1.61 bits per heavy atom. The monoisotopic (exact) mass is 368 g/mol. The summed E-state index contributed by atoms with van der Waals surface area (Å²) in [6, 6.07) is 24.0. The lowest BCUT2D eigenvalue weighted by molar-refractivity contribution is 0.102. The van der Waals surface area contributed by atoms with Crippen LogP contribution in [0.25, 0.3) is 10.8 Å². The van der Waals surface area contributed by atoms with Gasteiger partial charge in [-0.3, -0.25) is 9.78 Å². The van der Waals surface area contributed by atoms with E-state index < -0.39 is 0 Å². The Morgan fingerprint density at radius 3 is 2.39 bits per heavy atom. The number of nitrogens with zero attached hydrogens (tertiary/aromatic N) is 1. The van der Waals surface area contributed by atoms with Gasteiger partial charge in [0, 0.05) is 17.1 Å². The summed E-state index contributed by atoms with van der Waals surface area (Å²) in [5, 5.41) is 4.95. The van der Waals surface area contributed by atoms with Gasteiger partial charge in [-0.2, -0.15) is 0 Å². The molecule has 1 aromatic heterocycles. The summed E-state index contributed by atoms with van der Waals surface area (Å²) >= 11 is 0. The first-order valence-electron chi connectivity index (χ1n) is 8.98. The molecule has 4 aromatic rings. The zero-order valence-electron chi connectivity index (χ0n) is 15.2.